The van der Waals surface area contributed by atoms with Crippen molar-refractivity contribution >= 4 is 12.3 Å². The molecule has 2 rings (SSSR count). The zero-order valence-corrected chi connectivity index (χ0v) is 13.3. The van der Waals surface area contributed by atoms with Crippen LogP contribution in [0.4, 0.5) is 0 Å². The maximum Gasteiger partial charge on any atom is 0.333 e. The van der Waals surface area contributed by atoms with Gasteiger partial charge in [-0.2, -0.15) is 0 Å². The van der Waals surface area contributed by atoms with Crippen LogP contribution in [0.25, 0.3) is 0 Å². The predicted molar refractivity (Wildman–Crippen MR) is 77.4 cm³/mol. The van der Waals surface area contributed by atoms with Gasteiger partial charge >= 0.3 is 5.97 Å². The van der Waals surface area contributed by atoms with Crippen LogP contribution in [0.1, 0.15) is 39.5 Å². The molecule has 0 aromatic rings. The number of carbonyl (C=O) groups excluding carboxylic acids is 2. The van der Waals surface area contributed by atoms with Crippen LogP contribution >= 0.6 is 0 Å². The first-order valence-corrected chi connectivity index (χ1v) is 7.60. The van der Waals surface area contributed by atoms with Crippen molar-refractivity contribution in [3.63, 3.8) is 0 Å². The van der Waals surface area contributed by atoms with Crippen molar-refractivity contribution in [1.29, 1.82) is 0 Å². The smallest absolute Gasteiger partial charge is 0.333 e. The minimum Gasteiger partial charge on any atom is -0.466 e. The molecule has 0 amide bonds. The molecule has 5 atom stereocenters. The maximum absolute atomic E-state index is 12.0. The summed E-state index contributed by atoms with van der Waals surface area (Å²) in [6.45, 7) is 7.34. The van der Waals surface area contributed by atoms with Gasteiger partial charge in [0, 0.05) is 23.8 Å². The highest BCUT2D eigenvalue weighted by molar-refractivity contribution is 5.89. The molecule has 0 aromatic carbocycles. The van der Waals surface area contributed by atoms with Crippen molar-refractivity contribution in [2.24, 2.45) is 17.8 Å². The van der Waals surface area contributed by atoms with Crippen molar-refractivity contribution in [2.75, 3.05) is 7.11 Å². The lowest BCUT2D eigenvalue weighted by molar-refractivity contribution is -0.449. The summed E-state index contributed by atoms with van der Waals surface area (Å²) >= 11 is 0. The summed E-state index contributed by atoms with van der Waals surface area (Å²) in [5.74, 6) is -2.47. The molecule has 1 saturated heterocycles. The van der Waals surface area contributed by atoms with Gasteiger partial charge in [-0.15, -0.1) is 0 Å². The Labute approximate surface area is 130 Å². The van der Waals surface area contributed by atoms with E-state index in [4.69, 9.17) is 14.5 Å². The van der Waals surface area contributed by atoms with Gasteiger partial charge in [-0.1, -0.05) is 13.5 Å². The van der Waals surface area contributed by atoms with E-state index in [1.807, 2.05) is 6.92 Å². The molecular formula is C16H24O6. The summed E-state index contributed by atoms with van der Waals surface area (Å²) < 4.78 is 4.73. The molecule has 1 saturated carbocycles. The van der Waals surface area contributed by atoms with E-state index in [0.29, 0.717) is 25.5 Å². The molecule has 0 radical (unpaired) electrons. The lowest BCUT2D eigenvalue weighted by Gasteiger charge is -2.46. The maximum atomic E-state index is 12.0. The molecule has 0 bridgehead atoms. The fourth-order valence-electron chi connectivity index (χ4n) is 3.73. The van der Waals surface area contributed by atoms with Crippen LogP contribution in [0.15, 0.2) is 12.2 Å². The van der Waals surface area contributed by atoms with Gasteiger partial charge in [-0.3, -0.25) is 4.79 Å². The molecule has 2 fully saturated rings. The minimum absolute atomic E-state index is 0.154. The van der Waals surface area contributed by atoms with Gasteiger partial charge in [-0.05, 0) is 32.1 Å². The van der Waals surface area contributed by atoms with E-state index < -0.39 is 23.3 Å². The third-order valence-corrected chi connectivity index (χ3v) is 5.06. The summed E-state index contributed by atoms with van der Waals surface area (Å²) in [6.07, 6.45) is 3.04. The number of fused-ring (bicyclic) bond motifs is 1. The fraction of sp³-hybridized carbons (Fsp3) is 0.750. The topological polar surface area (TPSA) is 82.1 Å². The van der Waals surface area contributed by atoms with E-state index >= 15 is 0 Å². The molecule has 0 unspecified atom stereocenters. The molecular weight excluding hydrogens is 288 g/mol. The Hall–Kier alpha value is -1.24. The Kier molecular flexibility index (Phi) is 4.75. The highest BCUT2D eigenvalue weighted by Crippen LogP contribution is 2.50. The van der Waals surface area contributed by atoms with Crippen LogP contribution in [0, 0.1) is 17.8 Å². The lowest BCUT2D eigenvalue weighted by Crippen LogP contribution is -2.55. The lowest BCUT2D eigenvalue weighted by atomic mass is 9.61. The summed E-state index contributed by atoms with van der Waals surface area (Å²) in [6, 6.07) is 0. The summed E-state index contributed by atoms with van der Waals surface area (Å²) in [5, 5.41) is 10.1. The third-order valence-electron chi connectivity index (χ3n) is 5.06. The Morgan fingerprint density at radius 2 is 2.05 bits per heavy atom. The summed E-state index contributed by atoms with van der Waals surface area (Å²) in [4.78, 5) is 34.4. The largest absolute Gasteiger partial charge is 0.466 e. The molecule has 1 N–H and O–H groups in total. The first-order valence-electron chi connectivity index (χ1n) is 7.60. The SMILES string of the molecule is C=C(C(=O)OC)[C@@H]1CC[C@@H](C)[C@@H]2CC[C@](C)(O)OO[C@@]12C=O. The predicted octanol–water partition coefficient (Wildman–Crippen LogP) is 1.77. The molecule has 1 heterocycles. The van der Waals surface area contributed by atoms with Crippen LogP contribution in [0.2, 0.25) is 0 Å². The average molecular weight is 312 g/mol. The average Bonchev–Trinajstić information content (AvgIpc) is 2.64. The van der Waals surface area contributed by atoms with E-state index in [0.717, 1.165) is 6.42 Å². The standard InChI is InChI=1S/C16H24O6/c1-10-5-6-13(11(2)14(18)20-4)16(9-17)12(10)7-8-15(3,19)21-22-16/h9-10,12-13,19H,2,5-8H2,1,3-4H3/t10-,12+,13+,15-,16-/m1/s1. The monoisotopic (exact) mass is 312 g/mol. The van der Waals surface area contributed by atoms with E-state index in [2.05, 4.69) is 6.58 Å². The van der Waals surface area contributed by atoms with Crippen molar-refractivity contribution in [1.82, 2.24) is 0 Å². The van der Waals surface area contributed by atoms with Gasteiger partial charge in [-0.25, -0.2) is 14.6 Å². The highest BCUT2D eigenvalue weighted by Gasteiger charge is 2.57. The van der Waals surface area contributed by atoms with Gasteiger partial charge in [0.25, 0.3) is 0 Å². The number of aliphatic hydroxyl groups is 1. The second kappa shape index (κ2) is 6.10. The molecule has 22 heavy (non-hydrogen) atoms. The van der Waals surface area contributed by atoms with Crippen LogP contribution in [-0.4, -0.2) is 35.9 Å². The van der Waals surface area contributed by atoms with Crippen molar-refractivity contribution in [3.05, 3.63) is 12.2 Å². The van der Waals surface area contributed by atoms with Gasteiger partial charge < -0.3 is 9.84 Å². The molecule has 2 aliphatic rings. The number of hydrogen-bond acceptors (Lipinski definition) is 6. The van der Waals surface area contributed by atoms with Gasteiger partial charge in [0.1, 0.15) is 0 Å². The number of ether oxygens (including phenoxy) is 1. The van der Waals surface area contributed by atoms with Crippen LogP contribution < -0.4 is 0 Å². The molecule has 1 aliphatic carbocycles. The number of aldehydes is 1. The number of hydrogen-bond donors (Lipinski definition) is 1. The Balaban J connectivity index is 2.41. The Morgan fingerprint density at radius 3 is 2.64 bits per heavy atom. The van der Waals surface area contributed by atoms with E-state index in [-0.39, 0.29) is 17.4 Å². The van der Waals surface area contributed by atoms with Crippen LogP contribution in [0.5, 0.6) is 0 Å². The van der Waals surface area contributed by atoms with Crippen molar-refractivity contribution in [2.45, 2.75) is 50.9 Å². The number of esters is 1. The van der Waals surface area contributed by atoms with Crippen molar-refractivity contribution < 1.29 is 29.2 Å². The zero-order chi connectivity index (χ0) is 16.5. The van der Waals surface area contributed by atoms with Crippen LogP contribution in [0.3, 0.4) is 0 Å². The first-order chi connectivity index (χ1) is 10.3. The Morgan fingerprint density at radius 1 is 1.36 bits per heavy atom. The van der Waals surface area contributed by atoms with Gasteiger partial charge in [0.15, 0.2) is 17.7 Å². The molecule has 124 valence electrons. The molecule has 0 aromatic heterocycles. The first kappa shape index (κ1) is 17.1. The van der Waals surface area contributed by atoms with Gasteiger partial charge in [0.05, 0.1) is 7.11 Å². The van der Waals surface area contributed by atoms with E-state index in [1.54, 1.807) is 0 Å². The van der Waals surface area contributed by atoms with Crippen LogP contribution in [-0.2, 0) is 24.1 Å². The Bertz CT molecular complexity index is 471. The molecule has 0 spiro atoms. The van der Waals surface area contributed by atoms with E-state index in [1.165, 1.54) is 14.0 Å². The number of methoxy groups -OCH3 is 1. The minimum atomic E-state index is -1.45. The second-order valence-corrected chi connectivity index (χ2v) is 6.58. The quantitative estimate of drug-likeness (QED) is 0.370. The third kappa shape index (κ3) is 2.83. The molecule has 6 nitrogen and oxygen atoms in total. The summed E-state index contributed by atoms with van der Waals surface area (Å²) in [5.41, 5.74) is -1.11. The fourth-order valence-corrected chi connectivity index (χ4v) is 3.73. The summed E-state index contributed by atoms with van der Waals surface area (Å²) in [7, 11) is 1.28. The highest BCUT2D eigenvalue weighted by atomic mass is 17.2. The zero-order valence-electron chi connectivity index (χ0n) is 13.3. The van der Waals surface area contributed by atoms with Crippen molar-refractivity contribution in [3.8, 4) is 0 Å². The van der Waals surface area contributed by atoms with Gasteiger partial charge in [0.2, 0.25) is 0 Å². The normalized spacial score (nSPS) is 41.9. The van der Waals surface area contributed by atoms with E-state index in [9.17, 15) is 14.7 Å². The number of carbonyl (C=O) groups is 2. The second-order valence-electron chi connectivity index (χ2n) is 6.58. The molecule has 1 aliphatic heterocycles. The number of rotatable bonds is 3. The molecule has 6 heteroatoms.